The molecule has 0 aliphatic carbocycles. The molecule has 21 heavy (non-hydrogen) atoms. The zero-order chi connectivity index (χ0) is 15.6. The maximum atomic E-state index is 12.4. The summed E-state index contributed by atoms with van der Waals surface area (Å²) >= 11 is 0. The van der Waals surface area contributed by atoms with Crippen LogP contribution in [0.5, 0.6) is 11.5 Å². The molecule has 0 aliphatic heterocycles. The van der Waals surface area contributed by atoms with E-state index in [0.717, 1.165) is 12.1 Å². The van der Waals surface area contributed by atoms with E-state index in [-0.39, 0.29) is 17.1 Å². The summed E-state index contributed by atoms with van der Waals surface area (Å²) in [5, 5.41) is 9.00. The SMILES string of the molecule is Cc1ccc(Oc2ccc(C(F)(F)F)cc2)cc1C(=O)O. The number of hydrogen-bond acceptors (Lipinski definition) is 2. The lowest BCUT2D eigenvalue weighted by Gasteiger charge is -2.10. The first-order valence-corrected chi connectivity index (χ1v) is 5.96. The van der Waals surface area contributed by atoms with E-state index >= 15 is 0 Å². The van der Waals surface area contributed by atoms with Crippen LogP contribution in [-0.2, 0) is 6.18 Å². The topological polar surface area (TPSA) is 46.5 Å². The summed E-state index contributed by atoms with van der Waals surface area (Å²) < 4.78 is 42.6. The zero-order valence-electron chi connectivity index (χ0n) is 10.9. The predicted molar refractivity (Wildman–Crippen MR) is 69.7 cm³/mol. The summed E-state index contributed by atoms with van der Waals surface area (Å²) in [4.78, 5) is 11.0. The average molecular weight is 296 g/mol. The van der Waals surface area contributed by atoms with Gasteiger partial charge in [0.15, 0.2) is 0 Å². The largest absolute Gasteiger partial charge is 0.478 e. The molecule has 0 radical (unpaired) electrons. The first-order valence-electron chi connectivity index (χ1n) is 5.96. The fourth-order valence-corrected chi connectivity index (χ4v) is 1.74. The maximum absolute atomic E-state index is 12.4. The smallest absolute Gasteiger partial charge is 0.416 e. The Hall–Kier alpha value is -2.50. The maximum Gasteiger partial charge on any atom is 0.416 e. The highest BCUT2D eigenvalue weighted by molar-refractivity contribution is 5.89. The lowest BCUT2D eigenvalue weighted by atomic mass is 10.1. The van der Waals surface area contributed by atoms with E-state index in [4.69, 9.17) is 9.84 Å². The number of benzene rings is 2. The molecule has 0 amide bonds. The van der Waals surface area contributed by atoms with E-state index in [0.29, 0.717) is 5.56 Å². The van der Waals surface area contributed by atoms with Crippen molar-refractivity contribution in [1.29, 1.82) is 0 Å². The van der Waals surface area contributed by atoms with Gasteiger partial charge in [0.05, 0.1) is 11.1 Å². The van der Waals surface area contributed by atoms with Crippen molar-refractivity contribution in [3.63, 3.8) is 0 Å². The van der Waals surface area contributed by atoms with Crippen molar-refractivity contribution in [2.75, 3.05) is 0 Å². The van der Waals surface area contributed by atoms with Gasteiger partial charge in [-0.2, -0.15) is 13.2 Å². The molecular formula is C15H11F3O3. The Morgan fingerprint density at radius 1 is 1.05 bits per heavy atom. The molecule has 6 heteroatoms. The second kappa shape index (κ2) is 5.47. The quantitative estimate of drug-likeness (QED) is 0.906. The Labute approximate surface area is 118 Å². The first-order chi connectivity index (χ1) is 9.77. The van der Waals surface area contributed by atoms with Crippen molar-refractivity contribution in [3.05, 3.63) is 59.2 Å². The fourth-order valence-electron chi connectivity index (χ4n) is 1.74. The van der Waals surface area contributed by atoms with Crippen molar-refractivity contribution in [1.82, 2.24) is 0 Å². The normalized spacial score (nSPS) is 11.2. The van der Waals surface area contributed by atoms with Crippen molar-refractivity contribution in [2.24, 2.45) is 0 Å². The molecule has 0 saturated carbocycles. The van der Waals surface area contributed by atoms with Crippen LogP contribution >= 0.6 is 0 Å². The van der Waals surface area contributed by atoms with Gasteiger partial charge in [0.25, 0.3) is 0 Å². The molecule has 0 bridgehead atoms. The summed E-state index contributed by atoms with van der Waals surface area (Å²) in [6, 6.07) is 8.63. The molecule has 0 fully saturated rings. The monoisotopic (exact) mass is 296 g/mol. The number of aryl methyl sites for hydroxylation is 1. The van der Waals surface area contributed by atoms with Crippen LogP contribution in [0.15, 0.2) is 42.5 Å². The molecule has 0 saturated heterocycles. The molecule has 2 aromatic carbocycles. The summed E-state index contributed by atoms with van der Waals surface area (Å²) in [6.07, 6.45) is -4.40. The number of rotatable bonds is 3. The van der Waals surface area contributed by atoms with Gasteiger partial charge < -0.3 is 9.84 Å². The number of halogens is 3. The van der Waals surface area contributed by atoms with E-state index in [2.05, 4.69) is 0 Å². The highest BCUT2D eigenvalue weighted by atomic mass is 19.4. The highest BCUT2D eigenvalue weighted by Crippen LogP contribution is 2.31. The van der Waals surface area contributed by atoms with Crippen LogP contribution in [0, 0.1) is 6.92 Å². The molecule has 0 unspecified atom stereocenters. The molecule has 1 N–H and O–H groups in total. The number of aromatic carboxylic acids is 1. The van der Waals surface area contributed by atoms with Crippen molar-refractivity contribution < 1.29 is 27.8 Å². The first kappa shape index (κ1) is 14.9. The van der Waals surface area contributed by atoms with Crippen molar-refractivity contribution >= 4 is 5.97 Å². The molecule has 110 valence electrons. The van der Waals surface area contributed by atoms with Gasteiger partial charge in [-0.05, 0) is 48.9 Å². The van der Waals surface area contributed by atoms with Crippen LogP contribution in [0.3, 0.4) is 0 Å². The molecule has 2 aromatic rings. The summed E-state index contributed by atoms with van der Waals surface area (Å²) in [7, 11) is 0. The lowest BCUT2D eigenvalue weighted by molar-refractivity contribution is -0.137. The van der Waals surface area contributed by atoms with Gasteiger partial charge in [-0.3, -0.25) is 0 Å². The van der Waals surface area contributed by atoms with Crippen LogP contribution in [0.2, 0.25) is 0 Å². The van der Waals surface area contributed by atoms with Gasteiger partial charge in [0, 0.05) is 0 Å². The van der Waals surface area contributed by atoms with Gasteiger partial charge in [0.1, 0.15) is 11.5 Å². The van der Waals surface area contributed by atoms with E-state index in [9.17, 15) is 18.0 Å². The Bertz CT molecular complexity index is 661. The molecular weight excluding hydrogens is 285 g/mol. The van der Waals surface area contributed by atoms with E-state index in [1.54, 1.807) is 19.1 Å². The van der Waals surface area contributed by atoms with Gasteiger partial charge in [0.2, 0.25) is 0 Å². The van der Waals surface area contributed by atoms with Crippen LogP contribution in [0.1, 0.15) is 21.5 Å². The van der Waals surface area contributed by atoms with Crippen LogP contribution in [0.25, 0.3) is 0 Å². The highest BCUT2D eigenvalue weighted by Gasteiger charge is 2.30. The number of alkyl halides is 3. The van der Waals surface area contributed by atoms with Crippen LogP contribution in [-0.4, -0.2) is 11.1 Å². The summed E-state index contributed by atoms with van der Waals surface area (Å²) in [6.45, 7) is 1.64. The second-order valence-electron chi connectivity index (χ2n) is 4.41. The minimum absolute atomic E-state index is 0.0828. The summed E-state index contributed by atoms with van der Waals surface area (Å²) in [5.41, 5.74) is -0.119. The minimum Gasteiger partial charge on any atom is -0.478 e. The lowest BCUT2D eigenvalue weighted by Crippen LogP contribution is -2.04. The fraction of sp³-hybridized carbons (Fsp3) is 0.133. The van der Waals surface area contributed by atoms with E-state index in [1.165, 1.54) is 18.2 Å². The number of ether oxygens (including phenoxy) is 1. The Morgan fingerprint density at radius 2 is 1.62 bits per heavy atom. The van der Waals surface area contributed by atoms with Gasteiger partial charge in [-0.25, -0.2) is 4.79 Å². The van der Waals surface area contributed by atoms with Gasteiger partial charge >= 0.3 is 12.1 Å². The molecule has 0 aromatic heterocycles. The minimum atomic E-state index is -4.40. The van der Waals surface area contributed by atoms with E-state index < -0.39 is 17.7 Å². The molecule has 0 spiro atoms. The molecule has 0 aliphatic rings. The molecule has 0 atom stereocenters. The third kappa shape index (κ3) is 3.53. The summed E-state index contributed by atoms with van der Waals surface area (Å²) in [5.74, 6) is -0.647. The Kier molecular flexibility index (Phi) is 3.88. The molecule has 0 heterocycles. The zero-order valence-corrected chi connectivity index (χ0v) is 10.9. The van der Waals surface area contributed by atoms with E-state index in [1.807, 2.05) is 0 Å². The molecule has 3 nitrogen and oxygen atoms in total. The number of carboxylic acid groups (broad SMARTS) is 1. The third-order valence-electron chi connectivity index (χ3n) is 2.86. The standard InChI is InChI=1S/C15H11F3O3/c1-9-2-5-12(8-13(9)14(19)20)21-11-6-3-10(4-7-11)15(16,17)18/h2-8H,1H3,(H,19,20). The second-order valence-corrected chi connectivity index (χ2v) is 4.41. The van der Waals surface area contributed by atoms with Gasteiger partial charge in [-0.1, -0.05) is 6.07 Å². The molecule has 2 rings (SSSR count). The number of carbonyl (C=O) groups is 1. The number of carboxylic acids is 1. The van der Waals surface area contributed by atoms with Crippen LogP contribution < -0.4 is 4.74 Å². The van der Waals surface area contributed by atoms with Crippen molar-refractivity contribution in [2.45, 2.75) is 13.1 Å². The number of hydrogen-bond donors (Lipinski definition) is 1. The Morgan fingerprint density at radius 3 is 2.14 bits per heavy atom. The Balaban J connectivity index is 2.22. The van der Waals surface area contributed by atoms with Gasteiger partial charge in [-0.15, -0.1) is 0 Å². The average Bonchev–Trinajstić information content (AvgIpc) is 2.40. The van der Waals surface area contributed by atoms with Crippen molar-refractivity contribution in [3.8, 4) is 11.5 Å². The van der Waals surface area contributed by atoms with Crippen LogP contribution in [0.4, 0.5) is 13.2 Å². The predicted octanol–water partition coefficient (Wildman–Crippen LogP) is 4.50. The third-order valence-corrected chi connectivity index (χ3v) is 2.86.